The summed E-state index contributed by atoms with van der Waals surface area (Å²) in [4.78, 5) is 118. The molecule has 9 rings (SSSR count). The number of amides is 10. The highest BCUT2D eigenvalue weighted by molar-refractivity contribution is 5.80. The Morgan fingerprint density at radius 2 is 0.674 bits per heavy atom. The fraction of sp³-hybridized carbons (Fsp3) is 0.866. The van der Waals surface area contributed by atoms with Gasteiger partial charge in [-0.05, 0) is 197 Å². The largest absolute Gasteiger partial charge is 0.447 e. The standard InChI is InChI=1S/2C8H15NO2.2C8H15NO.C7H14N2O.C7H13NO2.3C7H13NO/c1-6(2)9-7(10)11-5-8(9,3)4;1-6(2)9-5-8(3,4)11-7(9)10;2*1-7(2)9-6-4-3-5-8(9)10;1-6(2)9-5-4-8(3)7(9)10;1-6(2)8-3-4-10-5-7(8)9;3*1-6(2)8-5-3-4-7(8)9/h2*6H,5H2,1-4H3;2*7H,3-6H2,1-2H3;6H,4-5H2,1-3H3;6H,3-5H2,1-2H3;3*6H,3-5H2,1-2H3. The Morgan fingerprint density at radius 1 is 0.348 bits per heavy atom. The Bertz CT molecular complexity index is 2040. The molecule has 0 aromatic carbocycles. The molecule has 0 radical (unpaired) electrons. The molecule has 0 saturated carbocycles. The zero-order valence-corrected chi connectivity index (χ0v) is 60.0. The van der Waals surface area contributed by atoms with Crippen molar-refractivity contribution in [3.8, 4) is 0 Å². The summed E-state index contributed by atoms with van der Waals surface area (Å²) in [6, 6.07) is 3.29. The number of carbonyl (C=O) groups excluding carboxylic acids is 9. The molecule has 0 unspecified atom stereocenters. The van der Waals surface area contributed by atoms with Crippen molar-refractivity contribution in [3.05, 3.63) is 0 Å². The first-order valence-electron chi connectivity index (χ1n) is 33.6. The SMILES string of the molecule is CC(C)N1C(=O)OCC1(C)C.CC(C)N1CC(C)(C)OC1=O.CC(C)N1CCCC1=O.CC(C)N1CCCC1=O.CC(C)N1CCCC1=O.CC(C)N1CCCCC1=O.CC(C)N1CCCCC1=O.CC(C)N1CCN(C)C1=O.CC(C)N1CCOCC1=O. The molecular formula is C67H126N10O12. The number of hydrogen-bond acceptors (Lipinski definition) is 12. The molecule has 0 bridgehead atoms. The number of piperidine rings is 2. The lowest BCUT2D eigenvalue weighted by atomic mass is 10.0. The normalized spacial score (nSPS) is 20.7. The van der Waals surface area contributed by atoms with Crippen molar-refractivity contribution in [2.75, 3.05) is 85.8 Å². The number of nitrogens with zero attached hydrogens (tertiary/aromatic N) is 10. The Kier molecular flexibility index (Phi) is 36.5. The molecule has 516 valence electrons. The van der Waals surface area contributed by atoms with Crippen LogP contribution in [0.25, 0.3) is 0 Å². The van der Waals surface area contributed by atoms with E-state index >= 15 is 0 Å². The van der Waals surface area contributed by atoms with E-state index in [1.807, 2.05) is 124 Å². The second-order valence-corrected chi connectivity index (χ2v) is 28.0. The average molecular weight is 1260 g/mol. The van der Waals surface area contributed by atoms with Gasteiger partial charge in [-0.25, -0.2) is 14.4 Å². The van der Waals surface area contributed by atoms with Crippen molar-refractivity contribution in [1.29, 1.82) is 0 Å². The van der Waals surface area contributed by atoms with Crippen LogP contribution in [0.1, 0.15) is 229 Å². The molecule has 9 fully saturated rings. The van der Waals surface area contributed by atoms with Gasteiger partial charge in [0.15, 0.2) is 0 Å². The molecule has 0 aliphatic carbocycles. The maximum atomic E-state index is 11.2. The van der Waals surface area contributed by atoms with Gasteiger partial charge in [-0.15, -0.1) is 0 Å². The number of rotatable bonds is 9. The Balaban J connectivity index is 0.000000501. The molecule has 0 N–H and O–H groups in total. The first kappa shape index (κ1) is 81.6. The number of urea groups is 1. The van der Waals surface area contributed by atoms with Gasteiger partial charge in [0, 0.05) is 146 Å². The van der Waals surface area contributed by atoms with E-state index in [-0.39, 0.29) is 54.0 Å². The minimum atomic E-state index is -0.304. The number of carbonyl (C=O) groups is 9. The van der Waals surface area contributed by atoms with E-state index in [0.717, 1.165) is 117 Å². The van der Waals surface area contributed by atoms with Crippen molar-refractivity contribution in [2.24, 2.45) is 0 Å². The summed E-state index contributed by atoms with van der Waals surface area (Å²) < 4.78 is 15.0. The van der Waals surface area contributed by atoms with Crippen LogP contribution in [0.2, 0.25) is 0 Å². The molecule has 89 heavy (non-hydrogen) atoms. The molecule has 10 amide bonds. The minimum Gasteiger partial charge on any atom is -0.447 e. The van der Waals surface area contributed by atoms with E-state index < -0.39 is 0 Å². The van der Waals surface area contributed by atoms with Gasteiger partial charge in [-0.2, -0.15) is 0 Å². The van der Waals surface area contributed by atoms with Crippen molar-refractivity contribution in [1.82, 2.24) is 49.0 Å². The smallest absolute Gasteiger partial charge is 0.410 e. The zero-order valence-electron chi connectivity index (χ0n) is 60.0. The second-order valence-electron chi connectivity index (χ2n) is 28.0. The highest BCUT2D eigenvalue weighted by Crippen LogP contribution is 2.26. The summed E-state index contributed by atoms with van der Waals surface area (Å²) >= 11 is 0. The first-order chi connectivity index (χ1) is 41.3. The van der Waals surface area contributed by atoms with Gasteiger partial charge in [-0.1, -0.05) is 0 Å². The predicted octanol–water partition coefficient (Wildman–Crippen LogP) is 10.1. The molecule has 22 heteroatoms. The fourth-order valence-electron chi connectivity index (χ4n) is 11.3. The molecule has 0 spiro atoms. The van der Waals surface area contributed by atoms with Gasteiger partial charge in [0.25, 0.3) is 0 Å². The molecule has 9 saturated heterocycles. The minimum absolute atomic E-state index is 0.112. The molecule has 0 atom stereocenters. The Hall–Kier alpha value is -5.41. The van der Waals surface area contributed by atoms with Crippen LogP contribution in [0.3, 0.4) is 0 Å². The third kappa shape index (κ3) is 28.8. The molecule has 9 aliphatic rings. The van der Waals surface area contributed by atoms with Gasteiger partial charge in [-0.3, -0.25) is 33.7 Å². The summed E-state index contributed by atoms with van der Waals surface area (Å²) in [5.74, 6) is 1.75. The van der Waals surface area contributed by atoms with E-state index in [9.17, 15) is 43.2 Å². The highest BCUT2D eigenvalue weighted by atomic mass is 16.6. The van der Waals surface area contributed by atoms with E-state index in [1.54, 1.807) is 14.7 Å². The van der Waals surface area contributed by atoms with Gasteiger partial charge >= 0.3 is 18.2 Å². The highest BCUT2D eigenvalue weighted by Gasteiger charge is 2.41. The van der Waals surface area contributed by atoms with Crippen LogP contribution in [0.15, 0.2) is 0 Å². The van der Waals surface area contributed by atoms with Crippen LogP contribution in [-0.2, 0) is 43.0 Å². The molecular weight excluding hydrogens is 1140 g/mol. The molecule has 0 aromatic heterocycles. The molecule has 9 heterocycles. The van der Waals surface area contributed by atoms with Gasteiger partial charge < -0.3 is 58.3 Å². The lowest BCUT2D eigenvalue weighted by molar-refractivity contribution is -0.144. The predicted molar refractivity (Wildman–Crippen MR) is 352 cm³/mol. The number of morpholine rings is 1. The van der Waals surface area contributed by atoms with E-state index in [0.29, 0.717) is 91.6 Å². The van der Waals surface area contributed by atoms with Crippen molar-refractivity contribution in [3.63, 3.8) is 0 Å². The van der Waals surface area contributed by atoms with Crippen molar-refractivity contribution in [2.45, 2.75) is 295 Å². The zero-order chi connectivity index (χ0) is 68.3. The number of hydrogen-bond donors (Lipinski definition) is 0. The quantitative estimate of drug-likeness (QED) is 0.211. The first-order valence-corrected chi connectivity index (χ1v) is 33.6. The second kappa shape index (κ2) is 39.8. The summed E-state index contributed by atoms with van der Waals surface area (Å²) in [5, 5.41) is 0. The number of likely N-dealkylation sites (tertiary alicyclic amines) is 5. The van der Waals surface area contributed by atoms with Crippen LogP contribution in [0.4, 0.5) is 14.4 Å². The van der Waals surface area contributed by atoms with Crippen LogP contribution < -0.4 is 0 Å². The van der Waals surface area contributed by atoms with Gasteiger partial charge in [0.1, 0.15) is 18.8 Å². The fourth-order valence-corrected chi connectivity index (χ4v) is 11.3. The maximum absolute atomic E-state index is 11.2. The Labute approximate surface area is 538 Å². The topological polar surface area (TPSA) is 214 Å². The maximum Gasteiger partial charge on any atom is 0.410 e. The summed E-state index contributed by atoms with van der Waals surface area (Å²) in [5.41, 5.74) is -0.438. The third-order valence-electron chi connectivity index (χ3n) is 16.4. The van der Waals surface area contributed by atoms with E-state index in [2.05, 4.69) is 69.2 Å². The van der Waals surface area contributed by atoms with Crippen molar-refractivity contribution >= 4 is 53.7 Å². The number of ether oxygens (including phenoxy) is 3. The summed E-state index contributed by atoms with van der Waals surface area (Å²) in [6.07, 6.45) is 11.1. The van der Waals surface area contributed by atoms with Crippen LogP contribution >= 0.6 is 0 Å². The molecule has 9 aliphatic heterocycles. The third-order valence-corrected chi connectivity index (χ3v) is 16.4. The van der Waals surface area contributed by atoms with E-state index in [1.165, 1.54) is 12.8 Å². The lowest BCUT2D eigenvalue weighted by Gasteiger charge is -2.31. The average Bonchev–Trinajstić information content (AvgIpc) is 2.79. The monoisotopic (exact) mass is 1260 g/mol. The number of likely N-dealkylation sites (N-methyl/N-ethyl adjacent to an activating group) is 1. The van der Waals surface area contributed by atoms with Gasteiger partial charge in [0.2, 0.25) is 35.4 Å². The van der Waals surface area contributed by atoms with Crippen molar-refractivity contribution < 1.29 is 57.4 Å². The van der Waals surface area contributed by atoms with Crippen LogP contribution in [-0.4, -0.2) is 254 Å². The van der Waals surface area contributed by atoms with Crippen LogP contribution in [0, 0.1) is 0 Å². The van der Waals surface area contributed by atoms with Gasteiger partial charge in [0.05, 0.1) is 18.7 Å². The Morgan fingerprint density at radius 3 is 0.854 bits per heavy atom. The lowest BCUT2D eigenvalue weighted by Crippen LogP contribution is -2.46. The van der Waals surface area contributed by atoms with E-state index in [4.69, 9.17) is 14.2 Å². The van der Waals surface area contributed by atoms with Crippen LogP contribution in [0.5, 0.6) is 0 Å². The summed E-state index contributed by atoms with van der Waals surface area (Å²) in [6.45, 7) is 54.1. The summed E-state index contributed by atoms with van der Waals surface area (Å²) in [7, 11) is 1.84. The molecule has 0 aromatic rings. The molecule has 22 nitrogen and oxygen atoms in total. The number of cyclic esters (lactones) is 2.